The molecular formula is C17H12F3N5O4S. The average Bonchev–Trinajstić information content (AvgIpc) is 3.32. The fourth-order valence-corrected chi connectivity index (χ4v) is 3.74. The second-order valence-electron chi connectivity index (χ2n) is 6.07. The molecule has 156 valence electrons. The van der Waals surface area contributed by atoms with Gasteiger partial charge in [0, 0.05) is 10.9 Å². The molecule has 1 amide bonds. The van der Waals surface area contributed by atoms with Crippen LogP contribution in [0.5, 0.6) is 11.5 Å². The number of oxime groups is 1. The lowest BCUT2D eigenvalue weighted by molar-refractivity contribution is -0.123. The van der Waals surface area contributed by atoms with Gasteiger partial charge in [-0.15, -0.1) is 11.3 Å². The summed E-state index contributed by atoms with van der Waals surface area (Å²) in [5.74, 6) is -0.138. The fraction of sp³-hybridized carbons (Fsp3) is 0.176. The Morgan fingerprint density at radius 1 is 1.27 bits per heavy atom. The third-order valence-corrected chi connectivity index (χ3v) is 5.08. The predicted molar refractivity (Wildman–Crippen MR) is 100 cm³/mol. The molecule has 1 aliphatic heterocycles. The van der Waals surface area contributed by atoms with Crippen LogP contribution in [0, 0.1) is 0 Å². The Labute approximate surface area is 169 Å². The largest absolute Gasteiger partial charge is 0.454 e. The summed E-state index contributed by atoms with van der Waals surface area (Å²) < 4.78 is 47.7. The smallest absolute Gasteiger partial charge is 0.405 e. The number of hydrogen-bond acceptors (Lipinski definition) is 9. The van der Waals surface area contributed by atoms with Gasteiger partial charge < -0.3 is 25.7 Å². The molecule has 13 heteroatoms. The van der Waals surface area contributed by atoms with Crippen LogP contribution in [0.1, 0.15) is 20.9 Å². The standard InChI is InChI=1S/C17H12F3N5O4S/c18-17(19,20)5-22-14(26)11-4-8-13(23-16(21)24-15(8)30-11)12(25-27)7-1-2-9-10(3-7)29-6-28-9/h1-4,27H,5-6H2,(H,22,26)(H2,21,23,24). The van der Waals surface area contributed by atoms with Gasteiger partial charge in [0.2, 0.25) is 12.7 Å². The molecule has 4 rings (SSSR count). The Bertz CT molecular complexity index is 1180. The molecule has 1 aromatic carbocycles. The van der Waals surface area contributed by atoms with Gasteiger partial charge in [-0.2, -0.15) is 13.2 Å². The quantitative estimate of drug-likeness (QED) is 0.323. The number of carbonyl (C=O) groups is 1. The van der Waals surface area contributed by atoms with Gasteiger partial charge in [-0.1, -0.05) is 5.16 Å². The van der Waals surface area contributed by atoms with E-state index in [-0.39, 0.29) is 39.2 Å². The van der Waals surface area contributed by atoms with Crippen LogP contribution in [-0.2, 0) is 0 Å². The molecule has 0 bridgehead atoms. The van der Waals surface area contributed by atoms with Gasteiger partial charge in [-0.25, -0.2) is 9.97 Å². The summed E-state index contributed by atoms with van der Waals surface area (Å²) in [6.07, 6.45) is -4.54. The molecule has 1 aliphatic rings. The number of rotatable bonds is 4. The van der Waals surface area contributed by atoms with E-state index in [1.165, 1.54) is 6.07 Å². The Morgan fingerprint density at radius 3 is 2.77 bits per heavy atom. The Morgan fingerprint density at radius 2 is 2.03 bits per heavy atom. The number of thiophene rings is 1. The number of halogens is 3. The number of benzene rings is 1. The highest BCUT2D eigenvalue weighted by Crippen LogP contribution is 2.34. The van der Waals surface area contributed by atoms with Crippen molar-refractivity contribution in [2.75, 3.05) is 19.1 Å². The van der Waals surface area contributed by atoms with Crippen molar-refractivity contribution in [2.24, 2.45) is 5.16 Å². The number of hydrogen-bond donors (Lipinski definition) is 3. The number of nitrogens with one attached hydrogen (secondary N) is 1. The van der Waals surface area contributed by atoms with Crippen LogP contribution in [0.2, 0.25) is 0 Å². The molecule has 0 atom stereocenters. The number of nitrogen functional groups attached to an aromatic ring is 1. The number of carbonyl (C=O) groups excluding carboxylic acids is 1. The van der Waals surface area contributed by atoms with Crippen LogP contribution in [-0.4, -0.2) is 46.3 Å². The van der Waals surface area contributed by atoms with E-state index < -0.39 is 18.6 Å². The summed E-state index contributed by atoms with van der Waals surface area (Å²) in [6, 6.07) is 6.12. The molecule has 3 heterocycles. The molecule has 4 N–H and O–H groups in total. The molecular weight excluding hydrogens is 427 g/mol. The van der Waals surface area contributed by atoms with Gasteiger partial charge in [-0.3, -0.25) is 4.79 Å². The number of alkyl halides is 3. The van der Waals surface area contributed by atoms with Crippen molar-refractivity contribution in [1.82, 2.24) is 15.3 Å². The fourth-order valence-electron chi connectivity index (χ4n) is 2.78. The molecule has 0 unspecified atom stereocenters. The maximum Gasteiger partial charge on any atom is 0.405 e. The number of anilines is 1. The molecule has 2 aromatic heterocycles. The van der Waals surface area contributed by atoms with E-state index in [0.717, 1.165) is 11.3 Å². The molecule has 0 saturated carbocycles. The van der Waals surface area contributed by atoms with Crippen LogP contribution in [0.15, 0.2) is 29.4 Å². The Hall–Kier alpha value is -3.61. The summed E-state index contributed by atoms with van der Waals surface area (Å²) in [6.45, 7) is -1.42. The highest BCUT2D eigenvalue weighted by atomic mass is 32.1. The van der Waals surface area contributed by atoms with Crippen molar-refractivity contribution in [3.63, 3.8) is 0 Å². The lowest BCUT2D eigenvalue weighted by Gasteiger charge is -2.07. The molecule has 0 spiro atoms. The average molecular weight is 439 g/mol. The molecule has 0 saturated heterocycles. The molecule has 0 fully saturated rings. The van der Waals surface area contributed by atoms with Crippen LogP contribution >= 0.6 is 11.3 Å². The zero-order chi connectivity index (χ0) is 21.5. The first-order valence-electron chi connectivity index (χ1n) is 8.29. The van der Waals surface area contributed by atoms with Crippen LogP contribution in [0.25, 0.3) is 10.2 Å². The number of amides is 1. The van der Waals surface area contributed by atoms with Gasteiger partial charge in [0.25, 0.3) is 5.91 Å². The van der Waals surface area contributed by atoms with Crippen LogP contribution < -0.4 is 20.5 Å². The third kappa shape index (κ3) is 3.78. The minimum absolute atomic E-state index is 0.00690. The third-order valence-electron chi connectivity index (χ3n) is 4.05. The normalized spacial score (nSPS) is 13.6. The monoisotopic (exact) mass is 439 g/mol. The highest BCUT2D eigenvalue weighted by molar-refractivity contribution is 7.20. The molecule has 0 aliphatic carbocycles. The summed E-state index contributed by atoms with van der Waals surface area (Å²) in [5, 5.41) is 15.0. The number of aromatic nitrogens is 2. The Balaban J connectivity index is 1.74. The second-order valence-corrected chi connectivity index (χ2v) is 7.11. The van der Waals surface area contributed by atoms with Gasteiger partial charge in [-0.05, 0) is 24.3 Å². The molecule has 30 heavy (non-hydrogen) atoms. The van der Waals surface area contributed by atoms with Crippen LogP contribution in [0.3, 0.4) is 0 Å². The van der Waals surface area contributed by atoms with E-state index in [0.29, 0.717) is 17.1 Å². The minimum Gasteiger partial charge on any atom is -0.454 e. The maximum absolute atomic E-state index is 12.4. The van der Waals surface area contributed by atoms with E-state index in [9.17, 15) is 23.2 Å². The molecule has 3 aromatic rings. The lowest BCUT2D eigenvalue weighted by atomic mass is 10.0. The van der Waals surface area contributed by atoms with E-state index in [4.69, 9.17) is 15.2 Å². The SMILES string of the molecule is Nc1nc(C(=NO)c2ccc3c(c2)OCO3)c2cc(C(=O)NCC(F)(F)F)sc2n1. The van der Waals surface area contributed by atoms with E-state index in [2.05, 4.69) is 15.1 Å². The van der Waals surface area contributed by atoms with Crippen molar-refractivity contribution < 1.29 is 32.6 Å². The van der Waals surface area contributed by atoms with Crippen molar-refractivity contribution in [3.8, 4) is 11.5 Å². The second kappa shape index (κ2) is 7.33. The topological polar surface area (TPSA) is 132 Å². The lowest BCUT2D eigenvalue weighted by Crippen LogP contribution is -2.33. The number of nitrogens with zero attached hydrogens (tertiary/aromatic N) is 3. The first-order valence-corrected chi connectivity index (χ1v) is 9.11. The van der Waals surface area contributed by atoms with Crippen molar-refractivity contribution >= 4 is 39.1 Å². The summed E-state index contributed by atoms with van der Waals surface area (Å²) in [4.78, 5) is 20.4. The number of fused-ring (bicyclic) bond motifs is 2. The number of nitrogens with two attached hydrogens (primary N) is 1. The zero-order valence-corrected chi connectivity index (χ0v) is 15.7. The summed E-state index contributed by atoms with van der Waals surface area (Å²) >= 11 is 0.836. The van der Waals surface area contributed by atoms with Gasteiger partial charge in [0.15, 0.2) is 11.5 Å². The van der Waals surface area contributed by atoms with Crippen LogP contribution in [0.4, 0.5) is 19.1 Å². The highest BCUT2D eigenvalue weighted by Gasteiger charge is 2.29. The zero-order valence-electron chi connectivity index (χ0n) is 14.9. The maximum atomic E-state index is 12.4. The van der Waals surface area contributed by atoms with Crippen molar-refractivity contribution in [2.45, 2.75) is 6.18 Å². The van der Waals surface area contributed by atoms with Crippen molar-refractivity contribution in [1.29, 1.82) is 0 Å². The van der Waals surface area contributed by atoms with Gasteiger partial charge in [0.1, 0.15) is 22.8 Å². The Kier molecular flexibility index (Phi) is 4.81. The summed E-state index contributed by atoms with van der Waals surface area (Å²) in [5.41, 5.74) is 6.26. The summed E-state index contributed by atoms with van der Waals surface area (Å²) in [7, 11) is 0. The predicted octanol–water partition coefficient (Wildman–Crippen LogP) is 2.52. The first kappa shape index (κ1) is 19.7. The van der Waals surface area contributed by atoms with Gasteiger partial charge >= 0.3 is 6.18 Å². The van der Waals surface area contributed by atoms with E-state index in [1.54, 1.807) is 23.5 Å². The number of ether oxygens (including phenoxy) is 2. The first-order chi connectivity index (χ1) is 14.2. The van der Waals surface area contributed by atoms with Crippen molar-refractivity contribution in [3.05, 3.63) is 40.4 Å². The van der Waals surface area contributed by atoms with E-state index in [1.807, 2.05) is 0 Å². The van der Waals surface area contributed by atoms with Gasteiger partial charge in [0.05, 0.1) is 4.88 Å². The minimum atomic E-state index is -4.54. The molecule has 0 radical (unpaired) electrons. The van der Waals surface area contributed by atoms with E-state index >= 15 is 0 Å². The molecule has 9 nitrogen and oxygen atoms in total.